The molecule has 0 spiro atoms. The second kappa shape index (κ2) is 7.32. The lowest BCUT2D eigenvalue weighted by Gasteiger charge is -2.17. The van der Waals surface area contributed by atoms with E-state index in [9.17, 15) is 8.76 Å². The van der Waals surface area contributed by atoms with Crippen LogP contribution in [0.25, 0.3) is 10.9 Å². The van der Waals surface area contributed by atoms with Gasteiger partial charge in [-0.3, -0.25) is 4.21 Å². The molecule has 0 amide bonds. The van der Waals surface area contributed by atoms with Crippen molar-refractivity contribution in [2.45, 2.75) is 0 Å². The van der Waals surface area contributed by atoms with E-state index in [4.69, 9.17) is 9.47 Å². The number of methoxy groups -OCH3 is 2. The number of benzene rings is 1. The predicted octanol–water partition coefficient (Wildman–Crippen LogP) is 1.76. The molecule has 0 fully saturated rings. The largest absolute Gasteiger partial charge is 0.755 e. The van der Waals surface area contributed by atoms with Crippen molar-refractivity contribution in [3.8, 4) is 11.5 Å². The molecule has 8 nitrogen and oxygen atoms in total. The van der Waals surface area contributed by atoms with Gasteiger partial charge in [-0.2, -0.15) is 0 Å². The summed E-state index contributed by atoms with van der Waals surface area (Å²) in [6.45, 7) is 0. The van der Waals surface area contributed by atoms with Crippen molar-refractivity contribution in [2.24, 2.45) is 0 Å². The van der Waals surface area contributed by atoms with Crippen LogP contribution in [-0.4, -0.2) is 32.9 Å². The lowest BCUT2D eigenvalue weighted by atomic mass is 10.2. The molecule has 1 N–H and O–H groups in total. The average molecular weight is 359 g/mol. The van der Waals surface area contributed by atoms with E-state index in [1.807, 2.05) is 0 Å². The van der Waals surface area contributed by atoms with Crippen LogP contribution in [-0.2, 0) is 11.3 Å². The summed E-state index contributed by atoms with van der Waals surface area (Å²) in [5.74, 6) is 1.76. The molecule has 130 valence electrons. The molecule has 3 rings (SSSR count). The topological polar surface area (TPSA) is 99.6 Å². The van der Waals surface area contributed by atoms with Crippen LogP contribution in [0, 0.1) is 0 Å². The molecule has 9 heteroatoms. The summed E-state index contributed by atoms with van der Waals surface area (Å²) in [6, 6.07) is 3.58. The number of ether oxygens (including phenoxy) is 2. The molecule has 1 atom stereocenters. The van der Waals surface area contributed by atoms with Crippen molar-refractivity contribution in [3.05, 3.63) is 54.8 Å². The monoisotopic (exact) mass is 359 g/mol. The highest BCUT2D eigenvalue weighted by Gasteiger charge is 2.14. The van der Waals surface area contributed by atoms with Crippen LogP contribution in [0.4, 0.5) is 5.82 Å². The van der Waals surface area contributed by atoms with Gasteiger partial charge in [-0.05, 0) is 24.3 Å². The molecule has 0 aliphatic carbocycles. The second-order valence-corrected chi connectivity index (χ2v) is 5.62. The van der Waals surface area contributed by atoms with Crippen LogP contribution in [0.1, 0.15) is 0 Å². The fraction of sp³-hybridized carbons (Fsp3) is 0.125. The first kappa shape index (κ1) is 16.9. The SMILES string of the molecule is COc1cc2ncnc(N3C=CC=C(NS(=O)[O-])C=C3)c2cc1OC. The van der Waals surface area contributed by atoms with Crippen LogP contribution in [0.3, 0.4) is 0 Å². The quantitative estimate of drug-likeness (QED) is 0.812. The van der Waals surface area contributed by atoms with Gasteiger partial charge >= 0.3 is 0 Å². The molecule has 1 aliphatic heterocycles. The van der Waals surface area contributed by atoms with Crippen LogP contribution in [0.5, 0.6) is 11.5 Å². The molecule has 1 aromatic carbocycles. The third-order valence-electron chi connectivity index (χ3n) is 3.50. The Balaban J connectivity index is 2.03. The molecule has 25 heavy (non-hydrogen) atoms. The number of fused-ring (bicyclic) bond motifs is 1. The van der Waals surface area contributed by atoms with Crippen LogP contribution < -0.4 is 19.1 Å². The molecule has 0 saturated carbocycles. The van der Waals surface area contributed by atoms with Gasteiger partial charge in [0.1, 0.15) is 12.1 Å². The highest BCUT2D eigenvalue weighted by molar-refractivity contribution is 7.77. The van der Waals surface area contributed by atoms with Gasteiger partial charge in [0.25, 0.3) is 0 Å². The summed E-state index contributed by atoms with van der Waals surface area (Å²) in [7, 11) is 3.12. The molecule has 2 aromatic rings. The van der Waals surface area contributed by atoms with Crippen molar-refractivity contribution in [2.75, 3.05) is 19.1 Å². The first-order valence-corrected chi connectivity index (χ1v) is 8.27. The van der Waals surface area contributed by atoms with E-state index in [0.29, 0.717) is 28.5 Å². The summed E-state index contributed by atoms with van der Waals surface area (Å²) in [5.41, 5.74) is 1.13. The molecule has 0 radical (unpaired) electrons. The normalized spacial score (nSPS) is 14.8. The van der Waals surface area contributed by atoms with Crippen molar-refractivity contribution in [1.29, 1.82) is 0 Å². The van der Waals surface area contributed by atoms with Crippen molar-refractivity contribution < 1.29 is 18.2 Å². The van der Waals surface area contributed by atoms with E-state index in [1.54, 1.807) is 61.9 Å². The Morgan fingerprint density at radius 1 is 1.16 bits per heavy atom. The number of anilines is 1. The lowest BCUT2D eigenvalue weighted by molar-refractivity contribution is 0.356. The minimum atomic E-state index is -2.38. The summed E-state index contributed by atoms with van der Waals surface area (Å²) < 4.78 is 34.5. The Morgan fingerprint density at radius 3 is 2.64 bits per heavy atom. The third kappa shape index (κ3) is 3.62. The number of rotatable bonds is 5. The highest BCUT2D eigenvalue weighted by atomic mass is 32.2. The summed E-state index contributed by atoms with van der Waals surface area (Å²) in [6.07, 6.45) is 9.90. The van der Waals surface area contributed by atoms with Crippen LogP contribution in [0.15, 0.2) is 54.8 Å². The van der Waals surface area contributed by atoms with Crippen molar-refractivity contribution in [3.63, 3.8) is 0 Å². The van der Waals surface area contributed by atoms with E-state index < -0.39 is 11.3 Å². The molecule has 0 bridgehead atoms. The zero-order chi connectivity index (χ0) is 17.8. The molecule has 1 unspecified atom stereocenters. The Hall–Kier alpha value is -2.91. The highest BCUT2D eigenvalue weighted by Crippen LogP contribution is 2.35. The number of aromatic nitrogens is 2. The Bertz CT molecular complexity index is 910. The van der Waals surface area contributed by atoms with Crippen molar-refractivity contribution >= 4 is 28.0 Å². The van der Waals surface area contributed by atoms with Gasteiger partial charge in [-0.15, -0.1) is 0 Å². The second-order valence-electron chi connectivity index (χ2n) is 4.94. The van der Waals surface area contributed by atoms with Crippen molar-refractivity contribution in [1.82, 2.24) is 14.7 Å². The van der Waals surface area contributed by atoms with Gasteiger partial charge in [-0.1, -0.05) is 0 Å². The Kier molecular flexibility index (Phi) is 4.96. The third-order valence-corrected chi connectivity index (χ3v) is 3.90. The zero-order valence-electron chi connectivity index (χ0n) is 13.5. The summed E-state index contributed by atoms with van der Waals surface area (Å²) in [4.78, 5) is 10.4. The maximum Gasteiger partial charge on any atom is 0.162 e. The van der Waals surface area contributed by atoms with E-state index in [2.05, 4.69) is 14.7 Å². The fourth-order valence-corrected chi connectivity index (χ4v) is 2.71. The van der Waals surface area contributed by atoms with E-state index in [0.717, 1.165) is 5.39 Å². The smallest absolute Gasteiger partial charge is 0.162 e. The number of nitrogens with one attached hydrogen (secondary N) is 1. The first-order chi connectivity index (χ1) is 12.1. The van der Waals surface area contributed by atoms with Crippen LogP contribution >= 0.6 is 0 Å². The Morgan fingerprint density at radius 2 is 1.92 bits per heavy atom. The minimum Gasteiger partial charge on any atom is -0.755 e. The minimum absolute atomic E-state index is 0.435. The standard InChI is InChI=1S/C16H16N4O4S/c1-23-14-8-12-13(9-15(14)24-2)17-10-18-16(12)20-6-3-4-11(5-7-20)19-25(21)22/h3-10,19H,1-2H3,(H,21,22)/p-1. The van der Waals surface area contributed by atoms with Gasteiger partial charge in [0, 0.05) is 40.8 Å². The maximum atomic E-state index is 10.8. The van der Waals surface area contributed by atoms with E-state index in [-0.39, 0.29) is 0 Å². The number of nitrogens with zero attached hydrogens (tertiary/aromatic N) is 3. The lowest BCUT2D eigenvalue weighted by Crippen LogP contribution is -2.14. The van der Waals surface area contributed by atoms with Gasteiger partial charge in [0.2, 0.25) is 0 Å². The number of hydrogen-bond donors (Lipinski definition) is 1. The number of hydrogen-bond acceptors (Lipinski definition) is 7. The predicted molar refractivity (Wildman–Crippen MR) is 93.5 cm³/mol. The molecule has 1 aliphatic rings. The Labute approximate surface area is 146 Å². The van der Waals surface area contributed by atoms with Gasteiger partial charge in [0.15, 0.2) is 11.5 Å². The van der Waals surface area contributed by atoms with Gasteiger partial charge in [0.05, 0.1) is 19.7 Å². The van der Waals surface area contributed by atoms with Crippen LogP contribution in [0.2, 0.25) is 0 Å². The molecular weight excluding hydrogens is 344 g/mol. The average Bonchev–Trinajstić information content (AvgIpc) is 2.84. The fourth-order valence-electron chi connectivity index (χ4n) is 2.39. The summed E-state index contributed by atoms with van der Waals surface area (Å²) >= 11 is -2.38. The van der Waals surface area contributed by atoms with E-state index >= 15 is 0 Å². The molecule has 1 aromatic heterocycles. The molecular formula is C16H15N4O4S-. The maximum absolute atomic E-state index is 10.8. The molecule has 2 heterocycles. The molecule has 0 saturated heterocycles. The number of allylic oxidation sites excluding steroid dienone is 3. The van der Waals surface area contributed by atoms with E-state index in [1.165, 1.54) is 6.33 Å². The zero-order valence-corrected chi connectivity index (χ0v) is 14.3. The van der Waals surface area contributed by atoms with Gasteiger partial charge in [-0.25, -0.2) is 9.97 Å². The first-order valence-electron chi connectivity index (χ1n) is 7.20. The van der Waals surface area contributed by atoms with Gasteiger partial charge < -0.3 is 23.6 Å². The summed E-state index contributed by atoms with van der Waals surface area (Å²) in [5, 5.41) is 0.762.